The highest BCUT2D eigenvalue weighted by Gasteiger charge is 2.11. The monoisotopic (exact) mass is 206 g/mol. The number of rotatable bonds is 1. The fourth-order valence-corrected chi connectivity index (χ4v) is 2.15. The molecular formula is C10H11N2OP. The number of benzene rings is 1. The van der Waals surface area contributed by atoms with Crippen molar-refractivity contribution in [3.8, 4) is 0 Å². The Bertz CT molecular complexity index is 518. The van der Waals surface area contributed by atoms with Crippen molar-refractivity contribution in [2.75, 3.05) is 13.3 Å². The van der Waals surface area contributed by atoms with Crippen LogP contribution in [0, 0.1) is 0 Å². The quantitative estimate of drug-likeness (QED) is 0.669. The van der Waals surface area contributed by atoms with Gasteiger partial charge in [-0.25, -0.2) is 0 Å². The molecule has 0 radical (unpaired) electrons. The number of hydrogen-bond donors (Lipinski definition) is 0. The Morgan fingerprint density at radius 3 is 2.36 bits per heavy atom. The lowest BCUT2D eigenvalue weighted by molar-refractivity contribution is 0.588. The molecule has 0 bridgehead atoms. The molecule has 1 heterocycles. The summed E-state index contributed by atoms with van der Waals surface area (Å²) >= 11 is 0. The zero-order chi connectivity index (χ0) is 10.2. The summed E-state index contributed by atoms with van der Waals surface area (Å²) in [6.45, 7) is 3.51. The molecule has 3 nitrogen and oxygen atoms in total. The minimum absolute atomic E-state index is 0.800. The number of aromatic nitrogens is 2. The smallest absolute Gasteiger partial charge is 0.109 e. The van der Waals surface area contributed by atoms with Crippen molar-refractivity contribution in [1.82, 2.24) is 9.97 Å². The van der Waals surface area contributed by atoms with Gasteiger partial charge in [-0.05, 0) is 31.5 Å². The summed E-state index contributed by atoms with van der Waals surface area (Å²) in [5, 5.41) is 0.852. The molecule has 0 aliphatic rings. The third kappa shape index (κ3) is 1.68. The molecule has 0 atom stereocenters. The summed E-state index contributed by atoms with van der Waals surface area (Å²) in [4.78, 5) is 8.32. The van der Waals surface area contributed by atoms with Gasteiger partial charge in [0.25, 0.3) is 0 Å². The van der Waals surface area contributed by atoms with Crippen LogP contribution < -0.4 is 5.30 Å². The van der Waals surface area contributed by atoms with E-state index in [1.807, 2.05) is 18.2 Å². The van der Waals surface area contributed by atoms with Crippen LogP contribution in [0.3, 0.4) is 0 Å². The number of hydrogen-bond acceptors (Lipinski definition) is 3. The Balaban J connectivity index is 2.69. The van der Waals surface area contributed by atoms with Gasteiger partial charge in [0.15, 0.2) is 0 Å². The topological polar surface area (TPSA) is 42.9 Å². The largest absolute Gasteiger partial charge is 0.319 e. The molecule has 1 aromatic carbocycles. The molecule has 0 amide bonds. The van der Waals surface area contributed by atoms with Gasteiger partial charge in [0.05, 0.1) is 11.0 Å². The molecule has 72 valence electrons. The molecule has 0 fully saturated rings. The summed E-state index contributed by atoms with van der Waals surface area (Å²) in [7, 11) is -2.19. The molecule has 2 rings (SSSR count). The van der Waals surface area contributed by atoms with Crippen LogP contribution in [0.25, 0.3) is 11.0 Å². The molecule has 0 N–H and O–H groups in total. The zero-order valence-electron chi connectivity index (χ0n) is 8.14. The highest BCUT2D eigenvalue weighted by atomic mass is 31.2. The average molecular weight is 206 g/mol. The minimum Gasteiger partial charge on any atom is -0.319 e. The Morgan fingerprint density at radius 2 is 1.71 bits per heavy atom. The molecule has 0 unspecified atom stereocenters. The Kier molecular flexibility index (Phi) is 2.12. The van der Waals surface area contributed by atoms with Gasteiger partial charge in [0.1, 0.15) is 7.14 Å². The second-order valence-corrected chi connectivity index (χ2v) is 6.80. The molecule has 0 saturated carbocycles. The zero-order valence-corrected chi connectivity index (χ0v) is 9.03. The predicted octanol–water partition coefficient (Wildman–Crippen LogP) is 1.88. The third-order valence-corrected chi connectivity index (χ3v) is 3.60. The van der Waals surface area contributed by atoms with Crippen molar-refractivity contribution in [1.29, 1.82) is 0 Å². The van der Waals surface area contributed by atoms with Crippen LogP contribution in [0.2, 0.25) is 0 Å². The van der Waals surface area contributed by atoms with E-state index < -0.39 is 7.14 Å². The van der Waals surface area contributed by atoms with Gasteiger partial charge in [-0.2, -0.15) is 0 Å². The van der Waals surface area contributed by atoms with E-state index in [2.05, 4.69) is 9.97 Å². The van der Waals surface area contributed by atoms with Crippen LogP contribution in [0.1, 0.15) is 0 Å². The van der Waals surface area contributed by atoms with Crippen molar-refractivity contribution in [2.24, 2.45) is 0 Å². The maximum atomic E-state index is 11.8. The highest BCUT2D eigenvalue weighted by molar-refractivity contribution is 7.70. The molecule has 2 aromatic rings. The standard InChI is InChI=1S/C10H11N2OP/c1-14(2,13)8-3-4-9-10(7-8)12-6-5-11-9/h3-7H,1-2H3. The molecule has 1 aromatic heterocycles. The maximum absolute atomic E-state index is 11.8. The van der Waals surface area contributed by atoms with Gasteiger partial charge in [-0.3, -0.25) is 9.97 Å². The normalized spacial score (nSPS) is 11.9. The summed E-state index contributed by atoms with van der Waals surface area (Å²) in [6.07, 6.45) is 3.29. The minimum atomic E-state index is -2.19. The number of fused-ring (bicyclic) bond motifs is 1. The van der Waals surface area contributed by atoms with Gasteiger partial charge in [-0.15, -0.1) is 0 Å². The van der Waals surface area contributed by atoms with Crippen molar-refractivity contribution in [2.45, 2.75) is 0 Å². The van der Waals surface area contributed by atoms with Crippen LogP contribution in [-0.2, 0) is 4.57 Å². The molecule has 0 aliphatic heterocycles. The first kappa shape index (κ1) is 9.35. The fourth-order valence-electron chi connectivity index (χ4n) is 1.29. The van der Waals surface area contributed by atoms with Crippen LogP contribution >= 0.6 is 7.14 Å². The first-order valence-electron chi connectivity index (χ1n) is 4.34. The van der Waals surface area contributed by atoms with Gasteiger partial charge in [0.2, 0.25) is 0 Å². The van der Waals surface area contributed by atoms with Crippen molar-refractivity contribution in [3.63, 3.8) is 0 Å². The fraction of sp³-hybridized carbons (Fsp3) is 0.200. The first-order valence-corrected chi connectivity index (χ1v) is 6.94. The van der Waals surface area contributed by atoms with Gasteiger partial charge >= 0.3 is 0 Å². The predicted molar refractivity (Wildman–Crippen MR) is 58.6 cm³/mol. The summed E-state index contributed by atoms with van der Waals surface area (Å²) in [6, 6.07) is 5.57. The highest BCUT2D eigenvalue weighted by Crippen LogP contribution is 2.34. The molecule has 4 heteroatoms. The molecule has 0 saturated heterocycles. The van der Waals surface area contributed by atoms with Crippen LogP contribution in [0.5, 0.6) is 0 Å². The Hall–Kier alpha value is -1.21. The Morgan fingerprint density at radius 1 is 1.07 bits per heavy atom. The van der Waals surface area contributed by atoms with Gasteiger partial charge in [-0.1, -0.05) is 0 Å². The lowest BCUT2D eigenvalue weighted by atomic mass is 10.3. The molecule has 14 heavy (non-hydrogen) atoms. The molecular weight excluding hydrogens is 195 g/mol. The van der Waals surface area contributed by atoms with Crippen molar-refractivity contribution in [3.05, 3.63) is 30.6 Å². The van der Waals surface area contributed by atoms with E-state index in [-0.39, 0.29) is 0 Å². The van der Waals surface area contributed by atoms with E-state index in [1.54, 1.807) is 25.7 Å². The van der Waals surface area contributed by atoms with Gasteiger partial charge < -0.3 is 4.57 Å². The third-order valence-electron chi connectivity index (χ3n) is 2.07. The first-order chi connectivity index (χ1) is 6.57. The maximum Gasteiger partial charge on any atom is 0.109 e. The Labute approximate surface area is 82.6 Å². The van der Waals surface area contributed by atoms with E-state index in [9.17, 15) is 4.57 Å². The van der Waals surface area contributed by atoms with Crippen LogP contribution in [0.15, 0.2) is 30.6 Å². The SMILES string of the molecule is CP(C)(=O)c1ccc2nccnc2c1. The number of nitrogens with zero attached hydrogens (tertiary/aromatic N) is 2. The van der Waals surface area contributed by atoms with E-state index in [0.29, 0.717) is 0 Å². The summed E-state index contributed by atoms with van der Waals surface area (Å²) in [5.74, 6) is 0. The second-order valence-electron chi connectivity index (χ2n) is 3.58. The lowest BCUT2D eigenvalue weighted by Crippen LogP contribution is -2.02. The van der Waals surface area contributed by atoms with Crippen molar-refractivity contribution < 1.29 is 4.57 Å². The lowest BCUT2D eigenvalue weighted by Gasteiger charge is -2.06. The van der Waals surface area contributed by atoms with E-state index in [1.165, 1.54) is 0 Å². The van der Waals surface area contributed by atoms with Crippen LogP contribution in [-0.4, -0.2) is 23.3 Å². The average Bonchev–Trinajstić information content (AvgIpc) is 2.16. The van der Waals surface area contributed by atoms with Crippen LogP contribution in [0.4, 0.5) is 0 Å². The van der Waals surface area contributed by atoms with Crippen molar-refractivity contribution >= 4 is 23.5 Å². The summed E-state index contributed by atoms with van der Waals surface area (Å²) in [5.41, 5.74) is 1.64. The van der Waals surface area contributed by atoms with E-state index in [4.69, 9.17) is 0 Å². The van der Waals surface area contributed by atoms with Gasteiger partial charge in [0, 0.05) is 17.7 Å². The van der Waals surface area contributed by atoms with E-state index in [0.717, 1.165) is 16.3 Å². The second kappa shape index (κ2) is 3.18. The molecule has 0 aliphatic carbocycles. The molecule has 0 spiro atoms. The summed E-state index contributed by atoms with van der Waals surface area (Å²) < 4.78 is 11.8. The van der Waals surface area contributed by atoms with E-state index >= 15 is 0 Å².